The van der Waals surface area contributed by atoms with Crippen molar-refractivity contribution in [1.29, 1.82) is 0 Å². The van der Waals surface area contributed by atoms with Gasteiger partial charge in [-0.1, -0.05) is 23.7 Å². The second kappa shape index (κ2) is 7.13. The number of benzene rings is 2. The number of hydrogen-bond donors (Lipinski definition) is 1. The SMILES string of the molecule is Cc1cccc([N+](=O)[O-])c1NC(=O)C1CC(=O)N(c2ccc(Cl)cc2)C1. The molecule has 1 saturated heterocycles. The lowest BCUT2D eigenvalue weighted by molar-refractivity contribution is -0.384. The van der Waals surface area contributed by atoms with Crippen molar-refractivity contribution in [1.82, 2.24) is 0 Å². The van der Waals surface area contributed by atoms with Crippen molar-refractivity contribution >= 4 is 40.5 Å². The fourth-order valence-corrected chi connectivity index (χ4v) is 3.07. The monoisotopic (exact) mass is 373 g/mol. The van der Waals surface area contributed by atoms with E-state index in [2.05, 4.69) is 5.32 Å². The van der Waals surface area contributed by atoms with Crippen LogP contribution in [0.4, 0.5) is 17.1 Å². The van der Waals surface area contributed by atoms with E-state index in [0.717, 1.165) is 0 Å². The molecular weight excluding hydrogens is 358 g/mol. The average Bonchev–Trinajstić information content (AvgIpc) is 2.99. The van der Waals surface area contributed by atoms with Crippen LogP contribution < -0.4 is 10.2 Å². The lowest BCUT2D eigenvalue weighted by Crippen LogP contribution is -2.28. The van der Waals surface area contributed by atoms with Crippen LogP contribution in [0.1, 0.15) is 12.0 Å². The summed E-state index contributed by atoms with van der Waals surface area (Å²) in [4.78, 5) is 37.0. The minimum Gasteiger partial charge on any atom is -0.320 e. The maximum atomic E-state index is 12.6. The van der Waals surface area contributed by atoms with E-state index < -0.39 is 16.7 Å². The fourth-order valence-electron chi connectivity index (χ4n) is 2.95. The molecule has 1 atom stereocenters. The van der Waals surface area contributed by atoms with Gasteiger partial charge in [0.2, 0.25) is 11.8 Å². The third-order valence-corrected chi connectivity index (χ3v) is 4.58. The first-order chi connectivity index (χ1) is 12.4. The number of nitro groups is 1. The Hall–Kier alpha value is -2.93. The number of anilines is 2. The highest BCUT2D eigenvalue weighted by atomic mass is 35.5. The van der Waals surface area contributed by atoms with Crippen molar-refractivity contribution in [2.24, 2.45) is 5.92 Å². The Kier molecular flexibility index (Phi) is 4.90. The molecule has 2 amide bonds. The van der Waals surface area contributed by atoms with Crippen LogP contribution in [0.2, 0.25) is 5.02 Å². The average molecular weight is 374 g/mol. The van der Waals surface area contributed by atoms with Gasteiger partial charge in [0.05, 0.1) is 10.8 Å². The molecule has 134 valence electrons. The minimum absolute atomic E-state index is 0.0497. The van der Waals surface area contributed by atoms with Crippen molar-refractivity contribution in [3.8, 4) is 0 Å². The largest absolute Gasteiger partial charge is 0.320 e. The number of carbonyl (C=O) groups is 2. The lowest BCUT2D eigenvalue weighted by Gasteiger charge is -2.17. The fraction of sp³-hybridized carbons (Fsp3) is 0.222. The Morgan fingerprint density at radius 1 is 1.27 bits per heavy atom. The predicted octanol–water partition coefficient (Wildman–Crippen LogP) is 3.55. The summed E-state index contributed by atoms with van der Waals surface area (Å²) in [6.45, 7) is 1.90. The molecule has 1 heterocycles. The molecule has 0 aliphatic carbocycles. The molecule has 8 heteroatoms. The van der Waals surface area contributed by atoms with Gasteiger partial charge in [0.1, 0.15) is 5.69 Å². The molecule has 1 fully saturated rings. The van der Waals surface area contributed by atoms with Gasteiger partial charge in [-0.25, -0.2) is 0 Å². The molecule has 0 radical (unpaired) electrons. The zero-order valence-corrected chi connectivity index (χ0v) is 14.7. The number of aryl methyl sites for hydroxylation is 1. The molecule has 2 aromatic rings. The number of nitrogens with one attached hydrogen (secondary N) is 1. The van der Waals surface area contributed by atoms with Crippen LogP contribution in [0.3, 0.4) is 0 Å². The summed E-state index contributed by atoms with van der Waals surface area (Å²) in [5, 5.41) is 14.4. The Balaban J connectivity index is 1.77. The van der Waals surface area contributed by atoms with Crippen LogP contribution >= 0.6 is 11.6 Å². The van der Waals surface area contributed by atoms with Crippen LogP contribution in [-0.4, -0.2) is 23.3 Å². The summed E-state index contributed by atoms with van der Waals surface area (Å²) < 4.78 is 0. The first-order valence-electron chi connectivity index (χ1n) is 7.97. The number of halogens is 1. The van der Waals surface area contributed by atoms with Gasteiger partial charge in [-0.2, -0.15) is 0 Å². The van der Waals surface area contributed by atoms with Crippen molar-refractivity contribution in [3.63, 3.8) is 0 Å². The molecule has 0 saturated carbocycles. The molecule has 1 N–H and O–H groups in total. The molecule has 0 spiro atoms. The standard InChI is InChI=1S/C18H16ClN3O4/c1-11-3-2-4-15(22(25)26)17(11)20-18(24)12-9-16(23)21(10-12)14-7-5-13(19)6-8-14/h2-8,12H,9-10H2,1H3,(H,20,24). The van der Waals surface area contributed by atoms with Crippen LogP contribution in [-0.2, 0) is 9.59 Å². The van der Waals surface area contributed by atoms with Gasteiger partial charge >= 0.3 is 0 Å². The zero-order chi connectivity index (χ0) is 18.8. The van der Waals surface area contributed by atoms with Gasteiger partial charge < -0.3 is 10.2 Å². The van der Waals surface area contributed by atoms with E-state index in [1.807, 2.05) is 0 Å². The van der Waals surface area contributed by atoms with Crippen molar-refractivity contribution in [2.45, 2.75) is 13.3 Å². The third kappa shape index (κ3) is 3.52. The number of nitrogens with zero attached hydrogens (tertiary/aromatic N) is 2. The molecule has 1 aliphatic heterocycles. The summed E-state index contributed by atoms with van der Waals surface area (Å²) in [5.74, 6) is -1.17. The van der Waals surface area contributed by atoms with Gasteiger partial charge in [0, 0.05) is 29.7 Å². The number of carbonyl (C=O) groups excluding carboxylic acids is 2. The minimum atomic E-state index is -0.586. The van der Waals surface area contributed by atoms with Gasteiger partial charge in [0.25, 0.3) is 5.69 Å². The van der Waals surface area contributed by atoms with Crippen molar-refractivity contribution < 1.29 is 14.5 Å². The van der Waals surface area contributed by atoms with E-state index in [-0.39, 0.29) is 30.2 Å². The van der Waals surface area contributed by atoms with Gasteiger partial charge in [0.15, 0.2) is 0 Å². The molecule has 0 aromatic heterocycles. The molecule has 1 aliphatic rings. The van der Waals surface area contributed by atoms with Gasteiger partial charge in [-0.3, -0.25) is 19.7 Å². The van der Waals surface area contributed by atoms with E-state index in [1.54, 1.807) is 43.3 Å². The van der Waals surface area contributed by atoms with Crippen LogP contribution in [0, 0.1) is 23.0 Å². The van der Waals surface area contributed by atoms with Crippen LogP contribution in [0.15, 0.2) is 42.5 Å². The first-order valence-corrected chi connectivity index (χ1v) is 8.35. The van der Waals surface area contributed by atoms with E-state index in [0.29, 0.717) is 16.3 Å². The first kappa shape index (κ1) is 17.9. The molecule has 0 bridgehead atoms. The number of hydrogen-bond acceptors (Lipinski definition) is 4. The van der Waals surface area contributed by atoms with Crippen LogP contribution in [0.25, 0.3) is 0 Å². The maximum absolute atomic E-state index is 12.6. The Morgan fingerprint density at radius 3 is 2.62 bits per heavy atom. The topological polar surface area (TPSA) is 92.5 Å². The van der Waals surface area contributed by atoms with Gasteiger partial charge in [-0.15, -0.1) is 0 Å². The number of rotatable bonds is 4. The molecule has 7 nitrogen and oxygen atoms in total. The summed E-state index contributed by atoms with van der Waals surface area (Å²) >= 11 is 5.86. The van der Waals surface area contributed by atoms with Crippen molar-refractivity contribution in [2.75, 3.05) is 16.8 Å². The Bertz CT molecular complexity index is 883. The predicted molar refractivity (Wildman–Crippen MR) is 98.4 cm³/mol. The second-order valence-electron chi connectivity index (χ2n) is 6.10. The molecule has 3 rings (SSSR count). The maximum Gasteiger partial charge on any atom is 0.293 e. The summed E-state index contributed by atoms with van der Waals surface area (Å²) in [6.07, 6.45) is 0.0497. The molecule has 1 unspecified atom stereocenters. The summed E-state index contributed by atoms with van der Waals surface area (Å²) in [5.41, 5.74) is 1.25. The highest BCUT2D eigenvalue weighted by Gasteiger charge is 2.36. The number of nitro benzene ring substituents is 1. The third-order valence-electron chi connectivity index (χ3n) is 4.33. The summed E-state index contributed by atoms with van der Waals surface area (Å²) in [6, 6.07) is 11.4. The van der Waals surface area contributed by atoms with E-state index in [1.165, 1.54) is 11.0 Å². The number of amides is 2. The van der Waals surface area contributed by atoms with E-state index in [4.69, 9.17) is 11.6 Å². The highest BCUT2D eigenvalue weighted by molar-refractivity contribution is 6.30. The molecule has 2 aromatic carbocycles. The smallest absolute Gasteiger partial charge is 0.293 e. The van der Waals surface area contributed by atoms with Crippen molar-refractivity contribution in [3.05, 3.63) is 63.2 Å². The molecular formula is C18H16ClN3O4. The quantitative estimate of drug-likeness (QED) is 0.655. The highest BCUT2D eigenvalue weighted by Crippen LogP contribution is 2.31. The summed E-state index contributed by atoms with van der Waals surface area (Å²) in [7, 11) is 0. The second-order valence-corrected chi connectivity index (χ2v) is 6.53. The Morgan fingerprint density at radius 2 is 1.96 bits per heavy atom. The van der Waals surface area contributed by atoms with E-state index in [9.17, 15) is 19.7 Å². The Labute approximate surface area is 154 Å². The lowest BCUT2D eigenvalue weighted by atomic mass is 10.1. The zero-order valence-electron chi connectivity index (χ0n) is 13.9. The number of para-hydroxylation sites is 1. The molecule has 26 heavy (non-hydrogen) atoms. The normalized spacial score (nSPS) is 16.6. The van der Waals surface area contributed by atoms with Crippen LogP contribution in [0.5, 0.6) is 0 Å². The van der Waals surface area contributed by atoms with E-state index >= 15 is 0 Å². The van der Waals surface area contributed by atoms with Gasteiger partial charge in [-0.05, 0) is 36.8 Å².